The molecule has 0 amide bonds. The molecule has 2 aromatic heterocycles. The molecule has 0 fully saturated rings. The van der Waals surface area contributed by atoms with E-state index in [2.05, 4.69) is 137 Å². The van der Waals surface area contributed by atoms with Crippen molar-refractivity contribution in [2.24, 2.45) is 0 Å². The van der Waals surface area contributed by atoms with Gasteiger partial charge >= 0.3 is 0 Å². The summed E-state index contributed by atoms with van der Waals surface area (Å²) in [6.45, 7) is 0. The summed E-state index contributed by atoms with van der Waals surface area (Å²) in [6.07, 6.45) is 1.77. The zero-order valence-corrected chi connectivity index (χ0v) is 21.7. The molecule has 0 aliphatic heterocycles. The molecule has 0 saturated heterocycles. The van der Waals surface area contributed by atoms with Gasteiger partial charge in [-0.3, -0.25) is 0 Å². The normalized spacial score (nSPS) is 11.5. The van der Waals surface area contributed by atoms with E-state index in [0.717, 1.165) is 33.4 Å². The molecule has 0 saturated carbocycles. The molecule has 188 valence electrons. The molecule has 6 aromatic carbocycles. The highest BCUT2D eigenvalue weighted by Gasteiger charge is 2.17. The minimum Gasteiger partial charge on any atom is -0.438 e. The maximum atomic E-state index is 6.18. The molecule has 40 heavy (non-hydrogen) atoms. The number of fused-ring (bicyclic) bond motifs is 6. The second kappa shape index (κ2) is 9.11. The molecular weight excluding hydrogens is 488 g/mol. The van der Waals surface area contributed by atoms with Crippen LogP contribution in [0.25, 0.3) is 54.7 Å². The van der Waals surface area contributed by atoms with E-state index in [1.54, 1.807) is 6.20 Å². The standard InChI is InChI=1S/C37H24N2O/c1-2-7-25(8-3-1)26-14-17-29(18-15-26)39(31-20-21-33-34-11-6-22-38-37(34)40-36(33)24-31)30-19-16-28-13-12-27-9-4-5-10-32(27)35(28)23-30/h1-24H. The van der Waals surface area contributed by atoms with E-state index < -0.39 is 0 Å². The lowest BCUT2D eigenvalue weighted by Crippen LogP contribution is -2.09. The van der Waals surface area contributed by atoms with Crippen LogP contribution in [0.2, 0.25) is 0 Å². The van der Waals surface area contributed by atoms with Gasteiger partial charge in [-0.1, -0.05) is 84.9 Å². The smallest absolute Gasteiger partial charge is 0.227 e. The van der Waals surface area contributed by atoms with Crippen LogP contribution >= 0.6 is 0 Å². The van der Waals surface area contributed by atoms with Crippen molar-refractivity contribution >= 4 is 60.7 Å². The van der Waals surface area contributed by atoms with Gasteiger partial charge in [-0.2, -0.15) is 0 Å². The summed E-state index contributed by atoms with van der Waals surface area (Å²) in [5, 5.41) is 7.04. The fourth-order valence-electron chi connectivity index (χ4n) is 5.75. The summed E-state index contributed by atoms with van der Waals surface area (Å²) < 4.78 is 6.18. The average molecular weight is 513 g/mol. The summed E-state index contributed by atoms with van der Waals surface area (Å²) in [5.74, 6) is 0. The summed E-state index contributed by atoms with van der Waals surface area (Å²) in [4.78, 5) is 6.73. The summed E-state index contributed by atoms with van der Waals surface area (Å²) >= 11 is 0. The van der Waals surface area contributed by atoms with Crippen LogP contribution in [-0.4, -0.2) is 4.98 Å². The number of benzene rings is 6. The number of pyridine rings is 1. The molecule has 0 unspecified atom stereocenters. The van der Waals surface area contributed by atoms with Crippen molar-refractivity contribution in [3.05, 3.63) is 146 Å². The van der Waals surface area contributed by atoms with Crippen molar-refractivity contribution in [2.45, 2.75) is 0 Å². The zero-order valence-electron chi connectivity index (χ0n) is 21.7. The number of aromatic nitrogens is 1. The first-order valence-corrected chi connectivity index (χ1v) is 13.5. The number of hydrogen-bond acceptors (Lipinski definition) is 3. The first kappa shape index (κ1) is 22.6. The van der Waals surface area contributed by atoms with E-state index in [-0.39, 0.29) is 0 Å². The van der Waals surface area contributed by atoms with Crippen molar-refractivity contribution in [3.8, 4) is 11.1 Å². The van der Waals surface area contributed by atoms with Crippen LogP contribution in [0, 0.1) is 0 Å². The highest BCUT2D eigenvalue weighted by Crippen LogP contribution is 2.40. The number of anilines is 3. The summed E-state index contributed by atoms with van der Waals surface area (Å²) in [5.41, 5.74) is 7.06. The molecular formula is C37H24N2O. The summed E-state index contributed by atoms with van der Waals surface area (Å²) in [6, 6.07) is 49.4. The minimum atomic E-state index is 0.658. The minimum absolute atomic E-state index is 0.658. The fourth-order valence-corrected chi connectivity index (χ4v) is 5.75. The third-order valence-corrected chi connectivity index (χ3v) is 7.71. The highest BCUT2D eigenvalue weighted by molar-refractivity contribution is 6.09. The van der Waals surface area contributed by atoms with E-state index in [4.69, 9.17) is 4.42 Å². The van der Waals surface area contributed by atoms with Gasteiger partial charge in [-0.05, 0) is 81.2 Å². The van der Waals surface area contributed by atoms with Gasteiger partial charge < -0.3 is 9.32 Å². The Balaban J connectivity index is 1.33. The molecule has 0 aliphatic carbocycles. The summed E-state index contributed by atoms with van der Waals surface area (Å²) in [7, 11) is 0. The lowest BCUT2D eigenvalue weighted by molar-refractivity contribution is 0.654. The van der Waals surface area contributed by atoms with Crippen LogP contribution in [0.15, 0.2) is 150 Å². The first-order chi connectivity index (χ1) is 19.8. The van der Waals surface area contributed by atoms with Crippen LogP contribution in [-0.2, 0) is 0 Å². The Morgan fingerprint density at radius 2 is 1.10 bits per heavy atom. The quantitative estimate of drug-likeness (QED) is 0.220. The van der Waals surface area contributed by atoms with Crippen molar-refractivity contribution in [1.82, 2.24) is 4.98 Å². The second-order valence-corrected chi connectivity index (χ2v) is 10.1. The third-order valence-electron chi connectivity index (χ3n) is 7.71. The molecule has 0 atom stereocenters. The molecule has 0 radical (unpaired) electrons. The third kappa shape index (κ3) is 3.71. The molecule has 0 spiro atoms. The van der Waals surface area contributed by atoms with E-state index >= 15 is 0 Å². The maximum Gasteiger partial charge on any atom is 0.227 e. The molecule has 3 heteroatoms. The monoisotopic (exact) mass is 512 g/mol. The van der Waals surface area contributed by atoms with Gasteiger partial charge in [-0.15, -0.1) is 0 Å². The largest absolute Gasteiger partial charge is 0.438 e. The molecule has 0 aliphatic rings. The lowest BCUT2D eigenvalue weighted by atomic mass is 10.0. The van der Waals surface area contributed by atoms with Gasteiger partial charge in [0.1, 0.15) is 5.58 Å². The van der Waals surface area contributed by atoms with E-state index in [1.807, 2.05) is 12.1 Å². The topological polar surface area (TPSA) is 29.3 Å². The zero-order chi connectivity index (χ0) is 26.5. The Morgan fingerprint density at radius 3 is 1.98 bits per heavy atom. The van der Waals surface area contributed by atoms with Gasteiger partial charge in [0.2, 0.25) is 5.71 Å². The lowest BCUT2D eigenvalue weighted by Gasteiger charge is -2.26. The van der Waals surface area contributed by atoms with E-state index in [1.165, 1.54) is 32.7 Å². The Bertz CT molecular complexity index is 2160. The Labute approximate surface area is 231 Å². The number of furan rings is 1. The fraction of sp³-hybridized carbons (Fsp3) is 0. The molecule has 8 rings (SSSR count). The van der Waals surface area contributed by atoms with Gasteiger partial charge in [0.15, 0.2) is 0 Å². The van der Waals surface area contributed by atoms with Crippen LogP contribution in [0.5, 0.6) is 0 Å². The van der Waals surface area contributed by atoms with E-state index in [0.29, 0.717) is 5.71 Å². The van der Waals surface area contributed by atoms with E-state index in [9.17, 15) is 0 Å². The number of rotatable bonds is 4. The van der Waals surface area contributed by atoms with Crippen molar-refractivity contribution < 1.29 is 4.42 Å². The molecule has 3 nitrogen and oxygen atoms in total. The van der Waals surface area contributed by atoms with Crippen LogP contribution in [0.4, 0.5) is 17.1 Å². The SMILES string of the molecule is c1ccc(-c2ccc(N(c3ccc4c(c3)oc3ncccc34)c3ccc4ccc5ccccc5c4c3)cc2)cc1. The second-order valence-electron chi connectivity index (χ2n) is 10.1. The Kier molecular flexibility index (Phi) is 5.14. The van der Waals surface area contributed by atoms with Gasteiger partial charge in [0.05, 0.1) is 0 Å². The number of hydrogen-bond donors (Lipinski definition) is 0. The van der Waals surface area contributed by atoms with Crippen LogP contribution < -0.4 is 4.90 Å². The van der Waals surface area contributed by atoms with Gasteiger partial charge in [-0.25, -0.2) is 4.98 Å². The highest BCUT2D eigenvalue weighted by atomic mass is 16.3. The first-order valence-electron chi connectivity index (χ1n) is 13.5. The maximum absolute atomic E-state index is 6.18. The van der Waals surface area contributed by atoms with Crippen LogP contribution in [0.3, 0.4) is 0 Å². The molecule has 0 bridgehead atoms. The van der Waals surface area contributed by atoms with Gasteiger partial charge in [0.25, 0.3) is 0 Å². The average Bonchev–Trinajstić information content (AvgIpc) is 3.40. The predicted molar refractivity (Wildman–Crippen MR) is 167 cm³/mol. The van der Waals surface area contributed by atoms with Crippen molar-refractivity contribution in [2.75, 3.05) is 4.90 Å². The van der Waals surface area contributed by atoms with Crippen molar-refractivity contribution in [1.29, 1.82) is 0 Å². The molecule has 8 aromatic rings. The van der Waals surface area contributed by atoms with Crippen LogP contribution in [0.1, 0.15) is 0 Å². The predicted octanol–water partition coefficient (Wildman–Crippen LogP) is 10.4. The number of nitrogens with zero attached hydrogens (tertiary/aromatic N) is 2. The Hall–Kier alpha value is -5.41. The van der Waals surface area contributed by atoms with Gasteiger partial charge in [0, 0.05) is 40.1 Å². The molecule has 0 N–H and O–H groups in total. The Morgan fingerprint density at radius 1 is 0.450 bits per heavy atom. The molecule has 2 heterocycles. The van der Waals surface area contributed by atoms with Crippen molar-refractivity contribution in [3.63, 3.8) is 0 Å².